The molecule has 2 rings (SSSR count). The minimum Gasteiger partial charge on any atom is -0.392 e. The van der Waals surface area contributed by atoms with Gasteiger partial charge in [0.15, 0.2) is 0 Å². The van der Waals surface area contributed by atoms with Crippen molar-refractivity contribution in [3.8, 4) is 11.8 Å². The molecule has 0 aromatic heterocycles. The molecule has 1 aliphatic rings. The number of rotatable bonds is 4. The van der Waals surface area contributed by atoms with E-state index < -0.39 is 6.10 Å². The number of halogens is 1. The fraction of sp³-hybridized carbons (Fsp3) is 0.471. The van der Waals surface area contributed by atoms with Crippen molar-refractivity contribution in [2.24, 2.45) is 5.41 Å². The fourth-order valence-corrected chi connectivity index (χ4v) is 3.02. The van der Waals surface area contributed by atoms with Gasteiger partial charge in [-0.05, 0) is 49.8 Å². The molecule has 2 atom stereocenters. The quantitative estimate of drug-likeness (QED) is 0.833. The Balaban J connectivity index is 2.11. The molecule has 112 valence electrons. The summed E-state index contributed by atoms with van der Waals surface area (Å²) in [5.41, 5.74) is 0.580. The summed E-state index contributed by atoms with van der Waals surface area (Å²) in [4.78, 5) is 11.5. The molecule has 1 amide bonds. The highest BCUT2D eigenvalue weighted by atomic mass is 19.1. The predicted octanol–water partition coefficient (Wildman–Crippen LogP) is 2.04. The molecule has 1 aromatic rings. The lowest BCUT2D eigenvalue weighted by Gasteiger charge is -2.33. The minimum absolute atomic E-state index is 0.272. The van der Waals surface area contributed by atoms with E-state index in [2.05, 4.69) is 17.2 Å². The number of benzene rings is 1. The van der Waals surface area contributed by atoms with Gasteiger partial charge in [-0.3, -0.25) is 4.79 Å². The van der Waals surface area contributed by atoms with Gasteiger partial charge >= 0.3 is 0 Å². The van der Waals surface area contributed by atoms with Crippen LogP contribution in [0.5, 0.6) is 0 Å². The first-order valence-electron chi connectivity index (χ1n) is 7.19. The average Bonchev–Trinajstić information content (AvgIpc) is 2.81. The summed E-state index contributed by atoms with van der Waals surface area (Å²) in [5, 5.41) is 13.1. The second-order valence-corrected chi connectivity index (χ2v) is 5.63. The molecule has 2 unspecified atom stereocenters. The third-order valence-electron chi connectivity index (χ3n) is 4.17. The van der Waals surface area contributed by atoms with Crippen LogP contribution in [-0.4, -0.2) is 23.7 Å². The van der Waals surface area contributed by atoms with E-state index in [1.54, 1.807) is 19.1 Å². The summed E-state index contributed by atoms with van der Waals surface area (Å²) in [5.74, 6) is 4.40. The van der Waals surface area contributed by atoms with Crippen LogP contribution in [0, 0.1) is 23.1 Å². The highest BCUT2D eigenvalue weighted by Crippen LogP contribution is 2.40. The Kier molecular flexibility index (Phi) is 4.98. The molecular formula is C17H20FNO2. The first-order chi connectivity index (χ1) is 10.1. The lowest BCUT2D eigenvalue weighted by Crippen LogP contribution is -2.43. The van der Waals surface area contributed by atoms with Crippen LogP contribution in [0.2, 0.25) is 0 Å². The summed E-state index contributed by atoms with van der Waals surface area (Å²) in [7, 11) is 0. The van der Waals surface area contributed by atoms with Crippen molar-refractivity contribution in [1.29, 1.82) is 0 Å². The van der Waals surface area contributed by atoms with Crippen molar-refractivity contribution >= 4 is 5.91 Å². The molecule has 0 bridgehead atoms. The van der Waals surface area contributed by atoms with E-state index in [4.69, 9.17) is 0 Å². The second-order valence-electron chi connectivity index (χ2n) is 5.63. The van der Waals surface area contributed by atoms with Gasteiger partial charge in [0.05, 0.1) is 6.10 Å². The minimum atomic E-state index is -0.461. The van der Waals surface area contributed by atoms with Gasteiger partial charge in [0.25, 0.3) is 5.91 Å². The van der Waals surface area contributed by atoms with Crippen LogP contribution in [0.25, 0.3) is 0 Å². The molecule has 2 N–H and O–H groups in total. The average molecular weight is 289 g/mol. The van der Waals surface area contributed by atoms with E-state index in [0.29, 0.717) is 13.0 Å². The van der Waals surface area contributed by atoms with Gasteiger partial charge in [0.2, 0.25) is 0 Å². The summed E-state index contributed by atoms with van der Waals surface area (Å²) < 4.78 is 13.0. The number of amides is 1. The number of carbonyl (C=O) groups excluding carboxylic acids is 1. The van der Waals surface area contributed by atoms with Crippen molar-refractivity contribution in [2.75, 3.05) is 6.54 Å². The topological polar surface area (TPSA) is 49.3 Å². The van der Waals surface area contributed by atoms with Gasteiger partial charge < -0.3 is 10.4 Å². The predicted molar refractivity (Wildman–Crippen MR) is 78.9 cm³/mol. The molecule has 0 saturated heterocycles. The van der Waals surface area contributed by atoms with Crippen LogP contribution in [0.1, 0.15) is 31.7 Å². The van der Waals surface area contributed by atoms with Crippen LogP contribution in [0.4, 0.5) is 4.39 Å². The Morgan fingerprint density at radius 2 is 2.19 bits per heavy atom. The van der Waals surface area contributed by atoms with Crippen LogP contribution in [0.3, 0.4) is 0 Å². The lowest BCUT2D eigenvalue weighted by molar-refractivity contribution is -0.116. The molecule has 1 aliphatic carbocycles. The molecule has 0 spiro atoms. The molecule has 4 heteroatoms. The zero-order chi connectivity index (χ0) is 15.3. The zero-order valence-corrected chi connectivity index (χ0v) is 12.2. The smallest absolute Gasteiger partial charge is 0.295 e. The summed E-state index contributed by atoms with van der Waals surface area (Å²) in [6, 6.07) is 6.31. The van der Waals surface area contributed by atoms with Gasteiger partial charge in [-0.1, -0.05) is 24.5 Å². The Bertz CT molecular complexity index is 558. The van der Waals surface area contributed by atoms with Crippen LogP contribution in [0.15, 0.2) is 24.3 Å². The van der Waals surface area contributed by atoms with Gasteiger partial charge in [-0.25, -0.2) is 4.39 Å². The zero-order valence-electron chi connectivity index (χ0n) is 12.2. The summed E-state index contributed by atoms with van der Waals surface area (Å²) in [6.07, 6.45) is 2.66. The van der Waals surface area contributed by atoms with Gasteiger partial charge in [-0.2, -0.15) is 0 Å². The van der Waals surface area contributed by atoms with Crippen LogP contribution >= 0.6 is 0 Å². The number of aliphatic hydroxyl groups excluding tert-OH is 1. The van der Waals surface area contributed by atoms with E-state index in [1.165, 1.54) is 12.1 Å². The van der Waals surface area contributed by atoms with E-state index in [-0.39, 0.29) is 17.1 Å². The van der Waals surface area contributed by atoms with E-state index in [0.717, 1.165) is 24.8 Å². The van der Waals surface area contributed by atoms with Crippen LogP contribution < -0.4 is 5.32 Å². The van der Waals surface area contributed by atoms with E-state index in [1.807, 2.05) is 0 Å². The maximum absolute atomic E-state index is 13.0. The van der Waals surface area contributed by atoms with Crippen molar-refractivity contribution in [1.82, 2.24) is 5.32 Å². The van der Waals surface area contributed by atoms with Crippen molar-refractivity contribution < 1.29 is 14.3 Å². The normalized spacial score (nSPS) is 24.2. The second kappa shape index (κ2) is 6.73. The molecule has 0 heterocycles. The first kappa shape index (κ1) is 15.5. The Morgan fingerprint density at radius 3 is 2.76 bits per heavy atom. The lowest BCUT2D eigenvalue weighted by atomic mass is 9.78. The standard InChI is InChI=1S/C17H20FNO2/c1-2-4-16(21)19-12-17(10-3-5-15(17)20)11-13-6-8-14(18)9-7-13/h6-9,15,20H,3,5,10-12H2,1H3,(H,19,21). The van der Waals surface area contributed by atoms with Crippen LogP contribution in [-0.2, 0) is 11.2 Å². The molecule has 21 heavy (non-hydrogen) atoms. The number of carbonyl (C=O) groups is 1. The molecule has 1 fully saturated rings. The van der Waals surface area contributed by atoms with Crippen molar-refractivity contribution in [2.45, 2.75) is 38.7 Å². The maximum Gasteiger partial charge on any atom is 0.295 e. The highest BCUT2D eigenvalue weighted by Gasteiger charge is 2.42. The van der Waals surface area contributed by atoms with E-state index >= 15 is 0 Å². The molecular weight excluding hydrogens is 269 g/mol. The van der Waals surface area contributed by atoms with E-state index in [9.17, 15) is 14.3 Å². The molecule has 3 nitrogen and oxygen atoms in total. The number of hydrogen-bond donors (Lipinski definition) is 2. The first-order valence-corrected chi connectivity index (χ1v) is 7.19. The van der Waals surface area contributed by atoms with Gasteiger partial charge in [-0.15, -0.1) is 0 Å². The van der Waals surface area contributed by atoms with Gasteiger partial charge in [0.1, 0.15) is 5.82 Å². The maximum atomic E-state index is 13.0. The largest absolute Gasteiger partial charge is 0.392 e. The number of nitrogens with one attached hydrogen (secondary N) is 1. The van der Waals surface area contributed by atoms with Crippen molar-refractivity contribution in [3.63, 3.8) is 0 Å². The Hall–Kier alpha value is -1.86. The third-order valence-corrected chi connectivity index (χ3v) is 4.17. The van der Waals surface area contributed by atoms with Crippen molar-refractivity contribution in [3.05, 3.63) is 35.6 Å². The highest BCUT2D eigenvalue weighted by molar-refractivity contribution is 5.93. The fourth-order valence-electron chi connectivity index (χ4n) is 3.02. The molecule has 1 aromatic carbocycles. The Morgan fingerprint density at radius 1 is 1.48 bits per heavy atom. The monoisotopic (exact) mass is 289 g/mol. The molecule has 1 saturated carbocycles. The summed E-state index contributed by atoms with van der Waals surface area (Å²) in [6.45, 7) is 2.00. The molecule has 0 aliphatic heterocycles. The SMILES string of the molecule is CC#CC(=O)NCC1(Cc2ccc(F)cc2)CCCC1O. The van der Waals surface area contributed by atoms with Gasteiger partial charge in [0, 0.05) is 12.0 Å². The number of aliphatic hydroxyl groups is 1. The molecule has 0 radical (unpaired) electrons. The third kappa shape index (κ3) is 3.83. The number of hydrogen-bond acceptors (Lipinski definition) is 2. The Labute approximate surface area is 124 Å². The summed E-state index contributed by atoms with van der Waals surface area (Å²) >= 11 is 0.